The van der Waals surface area contributed by atoms with Crippen LogP contribution in [-0.2, 0) is 0 Å². The van der Waals surface area contributed by atoms with Crippen molar-refractivity contribution in [3.8, 4) is 5.75 Å². The van der Waals surface area contributed by atoms with E-state index in [2.05, 4.69) is 10.3 Å². The molecule has 4 rings (SSSR count). The minimum atomic E-state index is -0.257. The first-order chi connectivity index (χ1) is 12.1. The molecule has 25 heavy (non-hydrogen) atoms. The number of amides is 1. The molecule has 1 aromatic heterocycles. The predicted octanol–water partition coefficient (Wildman–Crippen LogP) is 5.36. The van der Waals surface area contributed by atoms with E-state index in [9.17, 15) is 4.79 Å². The third-order valence-corrected chi connectivity index (χ3v) is 5.05. The van der Waals surface area contributed by atoms with Crippen LogP contribution in [0.1, 0.15) is 10.4 Å². The molecule has 1 amide bonds. The average molecular weight is 369 g/mol. The molecule has 0 aliphatic heterocycles. The molecule has 4 aromatic rings. The second-order valence-electron chi connectivity index (χ2n) is 5.48. The lowest BCUT2D eigenvalue weighted by atomic mass is 10.1. The fourth-order valence-corrected chi connectivity index (χ4v) is 3.82. The molecule has 0 aliphatic rings. The number of aromatic nitrogens is 1. The number of methoxy groups -OCH3 is 1. The zero-order chi connectivity index (χ0) is 17.4. The van der Waals surface area contributed by atoms with Crippen LogP contribution in [0.15, 0.2) is 54.6 Å². The minimum Gasteiger partial charge on any atom is -0.496 e. The highest BCUT2D eigenvalue weighted by Gasteiger charge is 2.16. The highest BCUT2D eigenvalue weighted by atomic mass is 35.5. The third kappa shape index (κ3) is 3.04. The van der Waals surface area contributed by atoms with Gasteiger partial charge in [0.15, 0.2) is 5.13 Å². The fourth-order valence-electron chi connectivity index (χ4n) is 2.68. The van der Waals surface area contributed by atoms with Crippen LogP contribution in [0.4, 0.5) is 5.13 Å². The van der Waals surface area contributed by atoms with Crippen molar-refractivity contribution < 1.29 is 9.53 Å². The smallest absolute Gasteiger partial charge is 0.261 e. The van der Waals surface area contributed by atoms with Gasteiger partial charge in [-0.2, -0.15) is 0 Å². The van der Waals surface area contributed by atoms with Gasteiger partial charge >= 0.3 is 0 Å². The molecule has 1 heterocycles. The zero-order valence-corrected chi connectivity index (χ0v) is 14.8. The molecule has 0 saturated carbocycles. The van der Waals surface area contributed by atoms with Gasteiger partial charge in [0.1, 0.15) is 5.75 Å². The highest BCUT2D eigenvalue weighted by molar-refractivity contribution is 7.22. The predicted molar refractivity (Wildman–Crippen MR) is 103 cm³/mol. The maximum absolute atomic E-state index is 12.7. The van der Waals surface area contributed by atoms with Crippen molar-refractivity contribution in [1.82, 2.24) is 4.98 Å². The summed E-state index contributed by atoms with van der Waals surface area (Å²) in [7, 11) is 1.56. The first-order valence-electron chi connectivity index (χ1n) is 7.58. The summed E-state index contributed by atoms with van der Waals surface area (Å²) in [5, 5.41) is 6.02. The largest absolute Gasteiger partial charge is 0.496 e. The first-order valence-corrected chi connectivity index (χ1v) is 8.78. The van der Waals surface area contributed by atoms with Gasteiger partial charge in [0.05, 0.1) is 22.9 Å². The summed E-state index contributed by atoms with van der Waals surface area (Å²) in [5.74, 6) is 0.271. The number of hydrogen-bond donors (Lipinski definition) is 1. The Balaban J connectivity index is 1.70. The van der Waals surface area contributed by atoms with E-state index < -0.39 is 0 Å². The standard InChI is InChI=1S/C19H13ClN2O2S/c1-24-16-9-12-5-3-2-4-11(12)8-14(16)18(23)22-19-21-15-7-6-13(20)10-17(15)25-19/h2-10H,1H3,(H,21,22,23). The SMILES string of the molecule is COc1cc2ccccc2cc1C(=O)Nc1nc2ccc(Cl)cc2s1. The number of fused-ring (bicyclic) bond motifs is 2. The van der Waals surface area contributed by atoms with Crippen molar-refractivity contribution in [3.05, 3.63) is 65.2 Å². The topological polar surface area (TPSA) is 51.2 Å². The van der Waals surface area contributed by atoms with Crippen LogP contribution < -0.4 is 10.1 Å². The number of thiazole rings is 1. The molecule has 0 unspecified atom stereocenters. The van der Waals surface area contributed by atoms with Gasteiger partial charge in [0.2, 0.25) is 0 Å². The Morgan fingerprint density at radius 1 is 1.12 bits per heavy atom. The van der Waals surface area contributed by atoms with Crippen molar-refractivity contribution in [1.29, 1.82) is 0 Å². The monoisotopic (exact) mass is 368 g/mol. The quantitative estimate of drug-likeness (QED) is 0.529. The summed E-state index contributed by atoms with van der Waals surface area (Å²) < 4.78 is 6.32. The second-order valence-corrected chi connectivity index (χ2v) is 6.95. The van der Waals surface area contributed by atoms with Crippen LogP contribution in [-0.4, -0.2) is 18.0 Å². The number of ether oxygens (including phenoxy) is 1. The molecule has 0 atom stereocenters. The number of nitrogens with zero attached hydrogens (tertiary/aromatic N) is 1. The number of halogens is 1. The number of nitrogens with one attached hydrogen (secondary N) is 1. The summed E-state index contributed by atoms with van der Waals surface area (Å²) in [6, 6.07) is 17.0. The summed E-state index contributed by atoms with van der Waals surface area (Å²) in [4.78, 5) is 17.2. The molecule has 3 aromatic carbocycles. The summed E-state index contributed by atoms with van der Waals surface area (Å²) >= 11 is 7.38. The molecule has 4 nitrogen and oxygen atoms in total. The molecule has 124 valence electrons. The summed E-state index contributed by atoms with van der Waals surface area (Å²) in [6.45, 7) is 0. The Morgan fingerprint density at radius 3 is 2.64 bits per heavy atom. The minimum absolute atomic E-state index is 0.257. The van der Waals surface area contributed by atoms with E-state index >= 15 is 0 Å². The van der Waals surface area contributed by atoms with Crippen LogP contribution in [0.3, 0.4) is 0 Å². The fraction of sp³-hybridized carbons (Fsp3) is 0.0526. The number of carbonyl (C=O) groups excluding carboxylic acids is 1. The maximum atomic E-state index is 12.7. The number of benzene rings is 3. The number of hydrogen-bond acceptors (Lipinski definition) is 4. The molecule has 0 fully saturated rings. The van der Waals surface area contributed by atoms with E-state index in [0.29, 0.717) is 21.5 Å². The molecule has 0 saturated heterocycles. The molecule has 6 heteroatoms. The van der Waals surface area contributed by atoms with Crippen molar-refractivity contribution >= 4 is 55.0 Å². The van der Waals surface area contributed by atoms with E-state index in [1.54, 1.807) is 13.2 Å². The second kappa shape index (κ2) is 6.35. The average Bonchev–Trinajstić information content (AvgIpc) is 3.01. The molecular formula is C19H13ClN2O2S. The molecule has 0 spiro atoms. The molecule has 0 radical (unpaired) electrons. The lowest BCUT2D eigenvalue weighted by Gasteiger charge is -2.09. The maximum Gasteiger partial charge on any atom is 0.261 e. The van der Waals surface area contributed by atoms with Gasteiger partial charge in [-0.1, -0.05) is 47.2 Å². The van der Waals surface area contributed by atoms with E-state index in [1.165, 1.54) is 11.3 Å². The van der Waals surface area contributed by atoms with Crippen molar-refractivity contribution in [3.63, 3.8) is 0 Å². The van der Waals surface area contributed by atoms with Gasteiger partial charge < -0.3 is 4.74 Å². The lowest BCUT2D eigenvalue weighted by Crippen LogP contribution is -2.13. The Kier molecular flexibility index (Phi) is 4.03. The molecular weight excluding hydrogens is 356 g/mol. The Bertz CT molecular complexity index is 1110. The molecule has 1 N–H and O–H groups in total. The van der Waals surface area contributed by atoms with Crippen molar-refractivity contribution in [2.24, 2.45) is 0 Å². The van der Waals surface area contributed by atoms with Gasteiger partial charge in [-0.15, -0.1) is 0 Å². The van der Waals surface area contributed by atoms with Crippen LogP contribution in [0.25, 0.3) is 21.0 Å². The zero-order valence-electron chi connectivity index (χ0n) is 13.2. The van der Waals surface area contributed by atoms with Crippen molar-refractivity contribution in [2.75, 3.05) is 12.4 Å². The van der Waals surface area contributed by atoms with Gasteiger partial charge in [-0.3, -0.25) is 10.1 Å². The number of rotatable bonds is 3. The molecule has 0 bridgehead atoms. The summed E-state index contributed by atoms with van der Waals surface area (Å²) in [5.41, 5.74) is 1.27. The number of carbonyl (C=O) groups is 1. The van der Waals surface area contributed by atoms with Crippen LogP contribution in [0, 0.1) is 0 Å². The van der Waals surface area contributed by atoms with Gasteiger partial charge in [0, 0.05) is 5.02 Å². The van der Waals surface area contributed by atoms with E-state index in [4.69, 9.17) is 16.3 Å². The van der Waals surface area contributed by atoms with E-state index in [-0.39, 0.29) is 5.91 Å². The van der Waals surface area contributed by atoms with Gasteiger partial charge in [-0.05, 0) is 41.1 Å². The van der Waals surface area contributed by atoms with Gasteiger partial charge in [-0.25, -0.2) is 4.98 Å². The van der Waals surface area contributed by atoms with Crippen molar-refractivity contribution in [2.45, 2.75) is 0 Å². The summed E-state index contributed by atoms with van der Waals surface area (Å²) in [6.07, 6.45) is 0. The Hall–Kier alpha value is -2.63. The number of anilines is 1. The van der Waals surface area contributed by atoms with Crippen LogP contribution in [0.5, 0.6) is 5.75 Å². The van der Waals surface area contributed by atoms with Gasteiger partial charge in [0.25, 0.3) is 5.91 Å². The third-order valence-electron chi connectivity index (χ3n) is 3.88. The van der Waals surface area contributed by atoms with E-state index in [1.807, 2.05) is 48.5 Å². The lowest BCUT2D eigenvalue weighted by molar-refractivity contribution is 0.102. The Morgan fingerprint density at radius 2 is 1.88 bits per heavy atom. The van der Waals surface area contributed by atoms with E-state index in [0.717, 1.165) is 21.0 Å². The van der Waals surface area contributed by atoms with Crippen LogP contribution >= 0.6 is 22.9 Å². The van der Waals surface area contributed by atoms with Crippen LogP contribution in [0.2, 0.25) is 5.02 Å². The first kappa shape index (κ1) is 15.9. The molecule has 0 aliphatic carbocycles. The Labute approximate surface area is 153 Å². The highest BCUT2D eigenvalue weighted by Crippen LogP contribution is 2.30. The normalized spacial score (nSPS) is 11.0.